The Morgan fingerprint density at radius 3 is 2.53 bits per heavy atom. The number of primary amides is 1. The molecule has 0 bridgehead atoms. The van der Waals surface area contributed by atoms with Gasteiger partial charge in [-0.15, -0.1) is 0 Å². The second-order valence-electron chi connectivity index (χ2n) is 12.1. The fourth-order valence-corrected chi connectivity index (χ4v) is 7.08. The highest BCUT2D eigenvalue weighted by Crippen LogP contribution is 2.53. The lowest BCUT2D eigenvalue weighted by Gasteiger charge is -2.50. The number of hydrogen-bond acceptors (Lipinski definition) is 11. The number of ether oxygens (including phenoxy) is 1. The zero-order chi connectivity index (χ0) is 32.5. The molecule has 0 saturated heterocycles. The molecule has 3 aromatic rings. The predicted octanol–water partition coefficient (Wildman–Crippen LogP) is 2.64. The van der Waals surface area contributed by atoms with Gasteiger partial charge in [-0.2, -0.15) is 0 Å². The summed E-state index contributed by atoms with van der Waals surface area (Å²) in [5.74, 6) is -5.31. The molecule has 6 rings (SSSR count). The van der Waals surface area contributed by atoms with Gasteiger partial charge in [0, 0.05) is 37.3 Å². The number of methoxy groups -OCH3 is 1. The maximum absolute atomic E-state index is 14.2. The number of fused-ring (bicyclic) bond motifs is 5. The van der Waals surface area contributed by atoms with E-state index in [4.69, 9.17) is 14.9 Å². The van der Waals surface area contributed by atoms with E-state index in [2.05, 4.69) is 4.98 Å². The minimum Gasteiger partial charge on any atom is -0.508 e. The first-order valence-corrected chi connectivity index (χ1v) is 14.4. The van der Waals surface area contributed by atoms with E-state index in [0.29, 0.717) is 16.8 Å². The maximum atomic E-state index is 14.2. The van der Waals surface area contributed by atoms with Crippen molar-refractivity contribution in [2.45, 2.75) is 24.5 Å². The highest BCUT2D eigenvalue weighted by atomic mass is 16.5. The summed E-state index contributed by atoms with van der Waals surface area (Å²) in [6.07, 6.45) is 3.81. The van der Waals surface area contributed by atoms with E-state index in [1.165, 1.54) is 4.90 Å². The summed E-state index contributed by atoms with van der Waals surface area (Å²) in [6, 6.07) is 8.15. The van der Waals surface area contributed by atoms with Gasteiger partial charge >= 0.3 is 0 Å². The number of hydrogen-bond donors (Lipinski definition) is 4. The van der Waals surface area contributed by atoms with Gasteiger partial charge in [-0.1, -0.05) is 12.1 Å². The van der Waals surface area contributed by atoms with Crippen molar-refractivity contribution in [2.75, 3.05) is 40.2 Å². The number of likely N-dealkylation sites (N-methyl/N-ethyl adjacent to an activating group) is 1. The van der Waals surface area contributed by atoms with Gasteiger partial charge in [0.25, 0.3) is 5.91 Å². The third-order valence-electron chi connectivity index (χ3n) is 9.09. The molecule has 12 heteroatoms. The van der Waals surface area contributed by atoms with E-state index in [0.717, 1.165) is 11.3 Å². The van der Waals surface area contributed by atoms with Gasteiger partial charge in [-0.25, -0.2) is 4.98 Å². The van der Waals surface area contributed by atoms with E-state index in [1.807, 2.05) is 49.3 Å². The van der Waals surface area contributed by atoms with Crippen molar-refractivity contribution in [3.05, 3.63) is 69.8 Å². The smallest absolute Gasteiger partial charge is 0.255 e. The van der Waals surface area contributed by atoms with Crippen LogP contribution in [0.25, 0.3) is 29.0 Å². The summed E-state index contributed by atoms with van der Waals surface area (Å²) in [4.78, 5) is 47.8. The Morgan fingerprint density at radius 2 is 1.89 bits per heavy atom. The quantitative estimate of drug-likeness (QED) is 0.300. The molecule has 12 nitrogen and oxygen atoms in total. The van der Waals surface area contributed by atoms with E-state index in [1.54, 1.807) is 33.4 Å². The van der Waals surface area contributed by atoms with Crippen LogP contribution in [0.1, 0.15) is 29.0 Å². The number of aliphatic hydroxyl groups is 3. The summed E-state index contributed by atoms with van der Waals surface area (Å²) in [5.41, 5.74) is 5.06. The third-order valence-corrected chi connectivity index (χ3v) is 9.09. The van der Waals surface area contributed by atoms with E-state index in [9.17, 15) is 29.7 Å². The summed E-state index contributed by atoms with van der Waals surface area (Å²) in [7, 11) is 8.45. The van der Waals surface area contributed by atoms with Gasteiger partial charge in [-0.05, 0) is 68.3 Å². The molecule has 0 radical (unpaired) electrons. The lowest BCUT2D eigenvalue weighted by atomic mass is 9.57. The van der Waals surface area contributed by atoms with Crippen molar-refractivity contribution in [3.8, 4) is 5.75 Å². The first-order valence-electron chi connectivity index (χ1n) is 14.4. The number of aromatic nitrogens is 1. The lowest BCUT2D eigenvalue weighted by molar-refractivity contribution is -0.153. The molecule has 1 heterocycles. The molecule has 0 spiro atoms. The highest BCUT2D eigenvalue weighted by molar-refractivity contribution is 6.24. The number of carbonyl (C=O) groups is 3. The summed E-state index contributed by atoms with van der Waals surface area (Å²) >= 11 is 0. The average molecular weight is 615 g/mol. The number of amides is 1. The third kappa shape index (κ3) is 4.43. The Balaban J connectivity index is 1.53. The molecule has 1 amide bonds. The molecule has 1 aromatic heterocycles. The van der Waals surface area contributed by atoms with Gasteiger partial charge in [0.1, 0.15) is 28.4 Å². The Hall–Kier alpha value is -4.94. The van der Waals surface area contributed by atoms with Gasteiger partial charge < -0.3 is 35.1 Å². The number of nitrogens with zero attached hydrogens (tertiary/aromatic N) is 3. The lowest BCUT2D eigenvalue weighted by Crippen LogP contribution is -2.65. The van der Waals surface area contributed by atoms with Gasteiger partial charge in [0.15, 0.2) is 17.0 Å². The molecule has 45 heavy (non-hydrogen) atoms. The summed E-state index contributed by atoms with van der Waals surface area (Å²) in [5, 5.41) is 34.9. The number of nitrogens with two attached hydrogens (primary N) is 1. The minimum absolute atomic E-state index is 0.0571. The van der Waals surface area contributed by atoms with Crippen molar-refractivity contribution in [1.29, 1.82) is 0 Å². The molecule has 2 aromatic carbocycles. The summed E-state index contributed by atoms with van der Waals surface area (Å²) in [6.45, 7) is 0. The van der Waals surface area contributed by atoms with Crippen LogP contribution in [-0.4, -0.2) is 89.6 Å². The van der Waals surface area contributed by atoms with Crippen molar-refractivity contribution in [1.82, 2.24) is 9.88 Å². The number of oxazole rings is 1. The van der Waals surface area contributed by atoms with Gasteiger partial charge in [0.05, 0.1) is 18.7 Å². The first kappa shape index (κ1) is 30.1. The van der Waals surface area contributed by atoms with Gasteiger partial charge in [0.2, 0.25) is 11.7 Å². The van der Waals surface area contributed by atoms with Crippen molar-refractivity contribution in [3.63, 3.8) is 0 Å². The zero-order valence-corrected chi connectivity index (χ0v) is 25.5. The predicted molar refractivity (Wildman–Crippen MR) is 166 cm³/mol. The largest absolute Gasteiger partial charge is 0.508 e. The van der Waals surface area contributed by atoms with Crippen LogP contribution in [0.15, 0.2) is 51.7 Å². The molecule has 5 N–H and O–H groups in total. The average Bonchev–Trinajstić information content (AvgIpc) is 3.40. The summed E-state index contributed by atoms with van der Waals surface area (Å²) < 4.78 is 11.4. The molecule has 234 valence electrons. The second kappa shape index (κ2) is 10.6. The van der Waals surface area contributed by atoms with Gasteiger partial charge in [-0.3, -0.25) is 19.3 Å². The number of rotatable bonds is 6. The normalized spacial score (nSPS) is 24.7. The second-order valence-corrected chi connectivity index (χ2v) is 12.1. The molecule has 1 fully saturated rings. The molecular weight excluding hydrogens is 580 g/mol. The maximum Gasteiger partial charge on any atom is 0.255 e. The Morgan fingerprint density at radius 1 is 1.16 bits per heavy atom. The molecule has 4 atom stereocenters. The zero-order valence-electron chi connectivity index (χ0n) is 25.5. The van der Waals surface area contributed by atoms with Crippen LogP contribution in [0.5, 0.6) is 5.75 Å². The van der Waals surface area contributed by atoms with E-state index < -0.39 is 58.0 Å². The van der Waals surface area contributed by atoms with Crippen LogP contribution >= 0.6 is 0 Å². The molecule has 3 aliphatic rings. The SMILES string of the molecule is COc1cccc(/C=C/c2nc3cc(N(C)C)c4c(c3o2)C(O)=C2C(=O)[C@]3(O)C(O)=C(C(N)=O)C(=O)[C@@H](N(C)C)C3CC2C4)c1. The number of benzene rings is 2. The molecule has 1 saturated carbocycles. The van der Waals surface area contributed by atoms with Crippen LogP contribution in [-0.2, 0) is 20.8 Å². The van der Waals surface area contributed by atoms with Crippen LogP contribution in [0.3, 0.4) is 0 Å². The fraction of sp³-hybridized carbons (Fsp3) is 0.333. The molecular formula is C33H34N4O8. The standard InChI is InChI=1S/C33H34N4O8/c1-36(2)21-14-20-29(45-22(35-20)10-9-15-7-6-8-17(11-15)44-5)24-18(21)12-16-13-19-26(37(3)4)28(39)25(32(34)42)31(41)33(19,43)30(40)23(16)27(24)38/h6-11,14,16,19,26,38,41,43H,12-13H2,1-5H3,(H2,34,42)/b10-9+/t16?,19?,26-,33-/m0/s1. The highest BCUT2D eigenvalue weighted by Gasteiger charge is 2.64. The van der Waals surface area contributed by atoms with Crippen molar-refractivity contribution in [2.24, 2.45) is 17.6 Å². The van der Waals surface area contributed by atoms with Crippen molar-refractivity contribution >= 4 is 52.2 Å². The Kier molecular flexibility index (Phi) is 7.09. The topological polar surface area (TPSA) is 180 Å². The molecule has 3 aliphatic carbocycles. The fourth-order valence-electron chi connectivity index (χ4n) is 7.08. The number of aliphatic hydroxyl groups excluding tert-OH is 2. The van der Waals surface area contributed by atoms with Crippen LogP contribution < -0.4 is 15.4 Å². The van der Waals surface area contributed by atoms with E-state index >= 15 is 0 Å². The van der Waals surface area contributed by atoms with E-state index in [-0.39, 0.29) is 35.5 Å². The van der Waals surface area contributed by atoms with Crippen LogP contribution in [0, 0.1) is 11.8 Å². The minimum atomic E-state index is -2.66. The van der Waals surface area contributed by atoms with Crippen LogP contribution in [0.2, 0.25) is 0 Å². The number of Topliss-reactive ketones (excluding diaryl/α,β-unsaturated/α-hetero) is 2. The number of anilines is 1. The number of carbonyl (C=O) groups excluding carboxylic acids is 3. The first-order chi connectivity index (χ1) is 21.3. The molecule has 2 unspecified atom stereocenters. The van der Waals surface area contributed by atoms with Crippen LogP contribution in [0.4, 0.5) is 5.69 Å². The Labute approximate surface area is 258 Å². The Bertz CT molecular complexity index is 1880. The molecule has 0 aliphatic heterocycles. The monoisotopic (exact) mass is 614 g/mol. The van der Waals surface area contributed by atoms with Crippen molar-refractivity contribution < 1.29 is 38.9 Å². The number of ketones is 2.